The van der Waals surface area contributed by atoms with Gasteiger partial charge in [-0.15, -0.1) is 0 Å². The Kier molecular flexibility index (Phi) is 4.71. The molecule has 134 valence electrons. The Balaban J connectivity index is 1.94. The second-order valence-electron chi connectivity index (χ2n) is 6.51. The van der Waals surface area contributed by atoms with Crippen LogP contribution in [-0.4, -0.2) is 33.2 Å². The number of carbonyl (C=O) groups is 2. The second-order valence-corrected chi connectivity index (χ2v) is 6.51. The van der Waals surface area contributed by atoms with Gasteiger partial charge < -0.3 is 15.6 Å². The fourth-order valence-electron chi connectivity index (χ4n) is 2.90. The standard InChI is InChI=1S/C19H20N4O3/c1-11(2)9-16(24)23-8-7-14-15(10-23)21-18(22-19(14)26)13-5-3-12(4-6-13)17(20)25/h3-6,9H,7-8,10H2,1-2H3,(H2,20,25)(H,21,22,26). The number of rotatable bonds is 3. The molecule has 1 aromatic heterocycles. The lowest BCUT2D eigenvalue weighted by Crippen LogP contribution is -2.38. The summed E-state index contributed by atoms with van der Waals surface area (Å²) >= 11 is 0. The molecule has 0 bridgehead atoms. The number of aromatic nitrogens is 2. The van der Waals surface area contributed by atoms with Gasteiger partial charge >= 0.3 is 0 Å². The van der Waals surface area contributed by atoms with Crippen molar-refractivity contribution in [1.82, 2.24) is 14.9 Å². The maximum absolute atomic E-state index is 12.4. The van der Waals surface area contributed by atoms with Crippen molar-refractivity contribution in [3.8, 4) is 11.4 Å². The molecule has 2 heterocycles. The number of amides is 2. The van der Waals surface area contributed by atoms with E-state index in [1.54, 1.807) is 35.2 Å². The zero-order chi connectivity index (χ0) is 18.8. The van der Waals surface area contributed by atoms with Crippen molar-refractivity contribution in [2.24, 2.45) is 5.73 Å². The summed E-state index contributed by atoms with van der Waals surface area (Å²) in [6.07, 6.45) is 2.06. The largest absolute Gasteiger partial charge is 0.366 e. The Morgan fingerprint density at radius 1 is 1.23 bits per heavy atom. The van der Waals surface area contributed by atoms with E-state index < -0.39 is 5.91 Å². The third-order valence-electron chi connectivity index (χ3n) is 4.24. The van der Waals surface area contributed by atoms with Crippen LogP contribution in [0, 0.1) is 0 Å². The summed E-state index contributed by atoms with van der Waals surface area (Å²) < 4.78 is 0. The van der Waals surface area contributed by atoms with E-state index >= 15 is 0 Å². The molecule has 0 saturated heterocycles. The van der Waals surface area contributed by atoms with Crippen molar-refractivity contribution in [3.63, 3.8) is 0 Å². The number of hydrogen-bond donors (Lipinski definition) is 2. The first-order chi connectivity index (χ1) is 12.3. The molecule has 7 nitrogen and oxygen atoms in total. The molecule has 2 aromatic rings. The summed E-state index contributed by atoms with van der Waals surface area (Å²) in [6, 6.07) is 6.53. The first kappa shape index (κ1) is 17.6. The first-order valence-electron chi connectivity index (χ1n) is 8.31. The molecule has 0 saturated carbocycles. The van der Waals surface area contributed by atoms with Crippen molar-refractivity contribution in [2.75, 3.05) is 6.54 Å². The number of H-pyrrole nitrogens is 1. The summed E-state index contributed by atoms with van der Waals surface area (Å²) in [6.45, 7) is 4.53. The first-order valence-corrected chi connectivity index (χ1v) is 8.31. The monoisotopic (exact) mass is 352 g/mol. The summed E-state index contributed by atoms with van der Waals surface area (Å²) in [5, 5.41) is 0. The minimum atomic E-state index is -0.517. The summed E-state index contributed by atoms with van der Waals surface area (Å²) in [7, 11) is 0. The smallest absolute Gasteiger partial charge is 0.254 e. The van der Waals surface area contributed by atoms with Crippen molar-refractivity contribution in [3.05, 3.63) is 63.1 Å². The molecule has 1 aromatic carbocycles. The molecular weight excluding hydrogens is 332 g/mol. The molecule has 0 unspecified atom stereocenters. The van der Waals surface area contributed by atoms with Gasteiger partial charge in [0.1, 0.15) is 5.82 Å². The van der Waals surface area contributed by atoms with Crippen LogP contribution in [0.25, 0.3) is 11.4 Å². The zero-order valence-electron chi connectivity index (χ0n) is 14.7. The van der Waals surface area contributed by atoms with Gasteiger partial charge in [-0.1, -0.05) is 17.7 Å². The average Bonchev–Trinajstić information content (AvgIpc) is 2.60. The zero-order valence-corrected chi connectivity index (χ0v) is 14.7. The van der Waals surface area contributed by atoms with E-state index in [4.69, 9.17) is 5.73 Å². The number of allylic oxidation sites excluding steroid dienone is 1. The Hall–Kier alpha value is -3.22. The topological polar surface area (TPSA) is 109 Å². The van der Waals surface area contributed by atoms with Gasteiger partial charge in [0.2, 0.25) is 11.8 Å². The summed E-state index contributed by atoms with van der Waals surface area (Å²) in [4.78, 5) is 44.8. The molecule has 0 spiro atoms. The van der Waals surface area contributed by atoms with E-state index in [-0.39, 0.29) is 11.5 Å². The van der Waals surface area contributed by atoms with Crippen LogP contribution in [0.15, 0.2) is 40.7 Å². The molecule has 2 amide bonds. The molecule has 3 N–H and O–H groups in total. The molecule has 0 fully saturated rings. The van der Waals surface area contributed by atoms with E-state index in [0.717, 1.165) is 5.57 Å². The minimum Gasteiger partial charge on any atom is -0.366 e. The number of nitrogens with two attached hydrogens (primary N) is 1. The Morgan fingerprint density at radius 2 is 1.92 bits per heavy atom. The predicted molar refractivity (Wildman–Crippen MR) is 97.4 cm³/mol. The lowest BCUT2D eigenvalue weighted by atomic mass is 10.1. The van der Waals surface area contributed by atoms with Crippen LogP contribution in [-0.2, 0) is 17.8 Å². The van der Waals surface area contributed by atoms with Gasteiger partial charge in [-0.3, -0.25) is 14.4 Å². The van der Waals surface area contributed by atoms with E-state index in [0.29, 0.717) is 47.7 Å². The van der Waals surface area contributed by atoms with Crippen LogP contribution in [0.4, 0.5) is 0 Å². The van der Waals surface area contributed by atoms with Crippen LogP contribution in [0.2, 0.25) is 0 Å². The Bertz CT molecular complexity index is 954. The lowest BCUT2D eigenvalue weighted by Gasteiger charge is -2.27. The van der Waals surface area contributed by atoms with Gasteiger partial charge in [0.25, 0.3) is 5.56 Å². The molecule has 0 radical (unpaired) electrons. The van der Waals surface area contributed by atoms with E-state index in [9.17, 15) is 14.4 Å². The highest BCUT2D eigenvalue weighted by Gasteiger charge is 2.23. The lowest BCUT2D eigenvalue weighted by molar-refractivity contribution is -0.127. The van der Waals surface area contributed by atoms with Crippen molar-refractivity contribution >= 4 is 11.8 Å². The predicted octanol–water partition coefficient (Wildman–Crippen LogP) is 1.39. The number of nitrogens with one attached hydrogen (secondary N) is 1. The molecule has 0 aliphatic carbocycles. The van der Waals surface area contributed by atoms with Crippen LogP contribution in [0.3, 0.4) is 0 Å². The fourth-order valence-corrected chi connectivity index (χ4v) is 2.90. The van der Waals surface area contributed by atoms with Gasteiger partial charge in [-0.25, -0.2) is 4.98 Å². The number of fused-ring (bicyclic) bond motifs is 1. The van der Waals surface area contributed by atoms with Gasteiger partial charge in [-0.05, 0) is 32.4 Å². The van der Waals surface area contributed by atoms with Crippen LogP contribution < -0.4 is 11.3 Å². The van der Waals surface area contributed by atoms with Gasteiger partial charge in [0.15, 0.2) is 0 Å². The van der Waals surface area contributed by atoms with Crippen molar-refractivity contribution in [1.29, 1.82) is 0 Å². The fraction of sp³-hybridized carbons (Fsp3) is 0.263. The maximum atomic E-state index is 12.4. The van der Waals surface area contributed by atoms with Crippen LogP contribution in [0.5, 0.6) is 0 Å². The Morgan fingerprint density at radius 3 is 2.54 bits per heavy atom. The highest BCUT2D eigenvalue weighted by Crippen LogP contribution is 2.19. The molecule has 7 heteroatoms. The van der Waals surface area contributed by atoms with E-state index in [2.05, 4.69) is 9.97 Å². The number of aromatic amines is 1. The normalized spacial score (nSPS) is 13.1. The minimum absolute atomic E-state index is 0.0786. The number of benzene rings is 1. The molecule has 1 aliphatic heterocycles. The number of nitrogens with zero attached hydrogens (tertiary/aromatic N) is 2. The highest BCUT2D eigenvalue weighted by molar-refractivity contribution is 5.93. The molecular formula is C19H20N4O3. The maximum Gasteiger partial charge on any atom is 0.254 e. The SMILES string of the molecule is CC(C)=CC(=O)N1CCc2c(nc(-c3ccc(C(N)=O)cc3)[nH]c2=O)C1. The number of primary amides is 1. The number of hydrogen-bond acceptors (Lipinski definition) is 4. The van der Waals surface area contributed by atoms with E-state index in [1.807, 2.05) is 13.8 Å². The summed E-state index contributed by atoms with van der Waals surface area (Å²) in [5.41, 5.74) is 8.24. The molecule has 26 heavy (non-hydrogen) atoms. The van der Waals surface area contributed by atoms with Gasteiger partial charge in [0.05, 0.1) is 12.2 Å². The third-order valence-corrected chi connectivity index (χ3v) is 4.24. The van der Waals surface area contributed by atoms with Gasteiger partial charge in [0, 0.05) is 29.3 Å². The van der Waals surface area contributed by atoms with Gasteiger partial charge in [-0.2, -0.15) is 0 Å². The van der Waals surface area contributed by atoms with Crippen LogP contribution >= 0.6 is 0 Å². The summed E-state index contributed by atoms with van der Waals surface area (Å²) in [5.74, 6) is -0.191. The molecule has 3 rings (SSSR count). The van der Waals surface area contributed by atoms with Crippen LogP contribution in [0.1, 0.15) is 35.5 Å². The van der Waals surface area contributed by atoms with Crippen molar-refractivity contribution in [2.45, 2.75) is 26.8 Å². The Labute approximate surface area is 150 Å². The van der Waals surface area contributed by atoms with Crippen molar-refractivity contribution < 1.29 is 9.59 Å². The second kappa shape index (κ2) is 6.95. The number of carbonyl (C=O) groups excluding carboxylic acids is 2. The van der Waals surface area contributed by atoms with E-state index in [1.165, 1.54) is 0 Å². The average molecular weight is 352 g/mol. The highest BCUT2D eigenvalue weighted by atomic mass is 16.2. The third kappa shape index (κ3) is 3.56. The molecule has 0 atom stereocenters. The molecule has 1 aliphatic rings. The quantitative estimate of drug-likeness (QED) is 0.813.